The van der Waals surface area contributed by atoms with Crippen LogP contribution in [0.1, 0.15) is 18.9 Å². The van der Waals surface area contributed by atoms with Crippen molar-refractivity contribution in [2.45, 2.75) is 19.9 Å². The Labute approximate surface area is 146 Å². The molecule has 1 aromatic carbocycles. The number of nitrogens with one attached hydrogen (secondary N) is 2. The van der Waals surface area contributed by atoms with Crippen LogP contribution in [-0.2, 0) is 11.3 Å². The van der Waals surface area contributed by atoms with Crippen molar-refractivity contribution in [3.05, 3.63) is 22.2 Å². The van der Waals surface area contributed by atoms with Crippen molar-refractivity contribution in [3.8, 4) is 11.5 Å². The second-order valence-electron chi connectivity index (χ2n) is 4.70. The molecule has 130 valence electrons. The minimum Gasteiger partial charge on any atom is -0.493 e. The van der Waals surface area contributed by atoms with E-state index in [0.29, 0.717) is 18.0 Å². The Hall–Kier alpha value is -1.47. The Bertz CT molecular complexity index is 510. The Morgan fingerprint density at radius 2 is 1.87 bits per heavy atom. The van der Waals surface area contributed by atoms with Crippen LogP contribution in [0.25, 0.3) is 0 Å². The van der Waals surface area contributed by atoms with E-state index >= 15 is 0 Å². The molecule has 0 unspecified atom stereocenters. The summed E-state index contributed by atoms with van der Waals surface area (Å²) < 4.78 is 16.9. The third-order valence-electron chi connectivity index (χ3n) is 3.18. The monoisotopic (exact) mass is 387 g/mol. The molecule has 0 aliphatic carbocycles. The van der Waals surface area contributed by atoms with Crippen LogP contribution in [0, 0.1) is 0 Å². The molecule has 0 bridgehead atoms. The van der Waals surface area contributed by atoms with Crippen LogP contribution >= 0.6 is 15.9 Å². The van der Waals surface area contributed by atoms with Gasteiger partial charge in [0.05, 0.1) is 14.2 Å². The van der Waals surface area contributed by atoms with Gasteiger partial charge in [-0.25, -0.2) is 0 Å². The largest absolute Gasteiger partial charge is 0.493 e. The van der Waals surface area contributed by atoms with Crippen LogP contribution < -0.4 is 20.1 Å². The molecule has 0 amide bonds. The van der Waals surface area contributed by atoms with Crippen molar-refractivity contribution in [3.63, 3.8) is 0 Å². The first-order valence-corrected chi connectivity index (χ1v) is 8.38. The van der Waals surface area contributed by atoms with E-state index in [9.17, 15) is 0 Å². The maximum absolute atomic E-state index is 5.33. The van der Waals surface area contributed by atoms with Gasteiger partial charge in [-0.1, -0.05) is 15.9 Å². The van der Waals surface area contributed by atoms with Gasteiger partial charge in [-0.15, -0.1) is 0 Å². The van der Waals surface area contributed by atoms with Gasteiger partial charge in [0, 0.05) is 37.8 Å². The maximum Gasteiger partial charge on any atom is 0.191 e. The average Bonchev–Trinajstić information content (AvgIpc) is 2.57. The van der Waals surface area contributed by atoms with Gasteiger partial charge in [-0.3, -0.25) is 4.99 Å². The van der Waals surface area contributed by atoms with Gasteiger partial charge in [0.1, 0.15) is 0 Å². The molecule has 0 saturated carbocycles. The highest BCUT2D eigenvalue weighted by Crippen LogP contribution is 2.33. The van der Waals surface area contributed by atoms with Crippen molar-refractivity contribution < 1.29 is 14.2 Å². The third-order valence-corrected chi connectivity index (χ3v) is 3.92. The number of hydrogen-bond donors (Lipinski definition) is 2. The van der Waals surface area contributed by atoms with Gasteiger partial charge in [-0.05, 0) is 31.0 Å². The minimum atomic E-state index is 0.617. The lowest BCUT2D eigenvalue weighted by molar-refractivity contribution is 0.145. The Morgan fingerprint density at radius 1 is 1.17 bits per heavy atom. The summed E-state index contributed by atoms with van der Waals surface area (Å²) >= 11 is 3.55. The molecule has 0 atom stereocenters. The van der Waals surface area contributed by atoms with Crippen LogP contribution in [0.2, 0.25) is 0 Å². The van der Waals surface area contributed by atoms with Gasteiger partial charge in [-0.2, -0.15) is 0 Å². The molecule has 6 nitrogen and oxygen atoms in total. The second-order valence-corrected chi connectivity index (χ2v) is 5.56. The van der Waals surface area contributed by atoms with Crippen molar-refractivity contribution >= 4 is 21.9 Å². The number of halogens is 1. The molecule has 23 heavy (non-hydrogen) atoms. The van der Waals surface area contributed by atoms with E-state index in [-0.39, 0.29) is 0 Å². The van der Waals surface area contributed by atoms with Crippen LogP contribution in [0.5, 0.6) is 11.5 Å². The number of hydrogen-bond acceptors (Lipinski definition) is 4. The molecule has 1 aromatic rings. The smallest absolute Gasteiger partial charge is 0.191 e. The summed E-state index contributed by atoms with van der Waals surface area (Å²) in [5, 5.41) is 6.53. The number of aliphatic imine (C=N–C) groups is 1. The van der Waals surface area contributed by atoms with Gasteiger partial charge >= 0.3 is 0 Å². The maximum atomic E-state index is 5.33. The molecule has 0 heterocycles. The van der Waals surface area contributed by atoms with Gasteiger partial charge in [0.25, 0.3) is 0 Å². The van der Waals surface area contributed by atoms with Gasteiger partial charge < -0.3 is 24.8 Å². The standard InChI is InChI=1S/C16H26BrN3O3/c1-5-23-8-6-7-19-16(18-2)20-11-12-9-14(21-3)15(22-4)10-13(12)17/h9-10H,5-8,11H2,1-4H3,(H2,18,19,20). The summed E-state index contributed by atoms with van der Waals surface area (Å²) in [4.78, 5) is 4.21. The molecule has 0 fully saturated rings. The van der Waals surface area contributed by atoms with E-state index in [1.807, 2.05) is 19.1 Å². The quantitative estimate of drug-likeness (QED) is 0.387. The number of guanidine groups is 1. The molecule has 1 rings (SSSR count). The number of rotatable bonds is 9. The third kappa shape index (κ3) is 6.66. The SMILES string of the molecule is CCOCCCNC(=NC)NCc1cc(OC)c(OC)cc1Br. The summed E-state index contributed by atoms with van der Waals surface area (Å²) in [6.45, 7) is 4.93. The first-order valence-electron chi connectivity index (χ1n) is 7.58. The number of ether oxygens (including phenoxy) is 3. The van der Waals surface area contributed by atoms with E-state index in [1.165, 1.54) is 0 Å². The fourth-order valence-corrected chi connectivity index (χ4v) is 2.42. The molecule has 0 spiro atoms. The fourth-order valence-electron chi connectivity index (χ4n) is 1.96. The van der Waals surface area contributed by atoms with E-state index in [1.54, 1.807) is 21.3 Å². The second kappa shape index (κ2) is 11.1. The molecule has 0 aliphatic rings. The van der Waals surface area contributed by atoms with Crippen LogP contribution in [-0.4, -0.2) is 47.0 Å². The summed E-state index contributed by atoms with van der Waals surface area (Å²) in [5.74, 6) is 2.15. The van der Waals surface area contributed by atoms with Crippen LogP contribution in [0.4, 0.5) is 0 Å². The highest BCUT2D eigenvalue weighted by Gasteiger charge is 2.10. The highest BCUT2D eigenvalue weighted by atomic mass is 79.9. The summed E-state index contributed by atoms with van der Waals surface area (Å²) in [6, 6.07) is 3.84. The summed E-state index contributed by atoms with van der Waals surface area (Å²) in [5.41, 5.74) is 1.06. The zero-order valence-electron chi connectivity index (χ0n) is 14.2. The van der Waals surface area contributed by atoms with E-state index in [4.69, 9.17) is 14.2 Å². The molecule has 0 radical (unpaired) electrons. The van der Waals surface area contributed by atoms with E-state index < -0.39 is 0 Å². The van der Waals surface area contributed by atoms with Gasteiger partial charge in [0.15, 0.2) is 17.5 Å². The molecule has 2 N–H and O–H groups in total. The number of benzene rings is 1. The van der Waals surface area contributed by atoms with Crippen molar-refractivity contribution in [1.29, 1.82) is 0 Å². The van der Waals surface area contributed by atoms with Crippen LogP contribution in [0.3, 0.4) is 0 Å². The zero-order chi connectivity index (χ0) is 17.1. The zero-order valence-corrected chi connectivity index (χ0v) is 15.8. The highest BCUT2D eigenvalue weighted by molar-refractivity contribution is 9.10. The van der Waals surface area contributed by atoms with E-state index in [2.05, 4.69) is 31.6 Å². The Kier molecular flexibility index (Phi) is 9.47. The van der Waals surface area contributed by atoms with Gasteiger partial charge in [0.2, 0.25) is 0 Å². The normalized spacial score (nSPS) is 11.3. The summed E-state index contributed by atoms with van der Waals surface area (Å²) in [6.07, 6.45) is 0.939. The Balaban J connectivity index is 2.55. The van der Waals surface area contributed by atoms with E-state index in [0.717, 1.165) is 42.2 Å². The first-order chi connectivity index (χ1) is 11.2. The minimum absolute atomic E-state index is 0.617. The molecule has 7 heteroatoms. The first kappa shape index (κ1) is 19.6. The predicted octanol–water partition coefficient (Wildman–Crippen LogP) is 2.56. The lowest BCUT2D eigenvalue weighted by Gasteiger charge is -2.15. The predicted molar refractivity (Wildman–Crippen MR) is 96.6 cm³/mol. The average molecular weight is 388 g/mol. The fraction of sp³-hybridized carbons (Fsp3) is 0.562. The molecular weight excluding hydrogens is 362 g/mol. The molecule has 0 saturated heterocycles. The van der Waals surface area contributed by atoms with Crippen LogP contribution in [0.15, 0.2) is 21.6 Å². The van der Waals surface area contributed by atoms with Crippen molar-refractivity contribution in [2.75, 3.05) is 41.0 Å². The number of nitrogens with zero attached hydrogens (tertiary/aromatic N) is 1. The molecular formula is C16H26BrN3O3. The Morgan fingerprint density at radius 3 is 2.48 bits per heavy atom. The van der Waals surface area contributed by atoms with Crippen molar-refractivity contribution in [2.24, 2.45) is 4.99 Å². The number of methoxy groups -OCH3 is 2. The molecule has 0 aliphatic heterocycles. The van der Waals surface area contributed by atoms with Crippen molar-refractivity contribution in [1.82, 2.24) is 10.6 Å². The topological polar surface area (TPSA) is 64.1 Å². The summed E-state index contributed by atoms with van der Waals surface area (Å²) in [7, 11) is 5.00. The molecule has 0 aromatic heterocycles. The lowest BCUT2D eigenvalue weighted by atomic mass is 10.2. The lowest BCUT2D eigenvalue weighted by Crippen LogP contribution is -2.37.